The summed E-state index contributed by atoms with van der Waals surface area (Å²) in [6.45, 7) is 4.71. The molecule has 8 heteroatoms. The van der Waals surface area contributed by atoms with E-state index < -0.39 is 0 Å². The van der Waals surface area contributed by atoms with Gasteiger partial charge in [0, 0.05) is 17.5 Å². The van der Waals surface area contributed by atoms with Crippen molar-refractivity contribution in [3.8, 4) is 5.75 Å². The summed E-state index contributed by atoms with van der Waals surface area (Å²) in [6, 6.07) is 8.20. The molecule has 3 aromatic rings. The number of thioether (sulfide) groups is 1. The molecule has 2 N–H and O–H groups in total. The topological polar surface area (TPSA) is 81.3 Å². The van der Waals surface area contributed by atoms with E-state index in [4.69, 9.17) is 10.5 Å². The van der Waals surface area contributed by atoms with Gasteiger partial charge in [-0.15, -0.1) is 11.3 Å². The quantitative estimate of drug-likeness (QED) is 0.449. The third-order valence-corrected chi connectivity index (χ3v) is 7.11. The first kappa shape index (κ1) is 20.0. The van der Waals surface area contributed by atoms with Crippen molar-refractivity contribution in [3.05, 3.63) is 40.3 Å². The minimum absolute atomic E-state index is 0.106. The van der Waals surface area contributed by atoms with Crippen LogP contribution in [-0.4, -0.2) is 39.7 Å². The molecule has 0 bridgehead atoms. The number of anilines is 1. The Kier molecular flexibility index (Phi) is 5.65. The van der Waals surface area contributed by atoms with Gasteiger partial charge in [-0.25, -0.2) is 9.97 Å². The molecule has 4 rings (SSSR count). The predicted molar refractivity (Wildman–Crippen MR) is 119 cm³/mol. The molecule has 6 nitrogen and oxygen atoms in total. The highest BCUT2D eigenvalue weighted by atomic mass is 32.2. The first-order chi connectivity index (χ1) is 14.0. The lowest BCUT2D eigenvalue weighted by Crippen LogP contribution is -2.34. The predicted octanol–water partition coefficient (Wildman–Crippen LogP) is 4.18. The molecular weight excluding hydrogens is 404 g/mol. The number of benzene rings is 1. The number of ether oxygens (including phenoxy) is 1. The molecular formula is C21H24N4O2S2. The van der Waals surface area contributed by atoms with E-state index in [-0.39, 0.29) is 5.91 Å². The molecule has 0 saturated heterocycles. The number of aromatic nitrogens is 2. The fourth-order valence-electron chi connectivity index (χ4n) is 3.27. The molecule has 1 aliphatic carbocycles. The van der Waals surface area contributed by atoms with Crippen LogP contribution in [-0.2, 0) is 11.3 Å². The maximum absolute atomic E-state index is 12.9. The first-order valence-corrected chi connectivity index (χ1v) is 11.3. The number of methoxy groups -OCH3 is 1. The third kappa shape index (κ3) is 4.33. The van der Waals surface area contributed by atoms with E-state index in [9.17, 15) is 4.79 Å². The lowest BCUT2D eigenvalue weighted by Gasteiger charge is -2.22. The van der Waals surface area contributed by atoms with E-state index in [2.05, 4.69) is 16.9 Å². The summed E-state index contributed by atoms with van der Waals surface area (Å²) < 4.78 is 5.21. The molecule has 0 aliphatic heterocycles. The SMILES string of the molecule is COc1ccc(CN(C(=O)CSc2nc(N)c3c(C)c(C)sc3n2)C2CC2)cc1. The van der Waals surface area contributed by atoms with Gasteiger partial charge in [0.25, 0.3) is 0 Å². The molecule has 1 saturated carbocycles. The molecule has 1 fully saturated rings. The molecule has 1 amide bonds. The van der Waals surface area contributed by atoms with Gasteiger partial charge in [-0.3, -0.25) is 4.79 Å². The zero-order valence-corrected chi connectivity index (χ0v) is 18.4. The summed E-state index contributed by atoms with van der Waals surface area (Å²) in [5, 5.41) is 1.49. The van der Waals surface area contributed by atoms with E-state index in [0.29, 0.717) is 29.3 Å². The van der Waals surface area contributed by atoms with Crippen molar-refractivity contribution >= 4 is 45.0 Å². The van der Waals surface area contributed by atoms with Crippen molar-refractivity contribution < 1.29 is 9.53 Å². The Morgan fingerprint density at radius 3 is 2.66 bits per heavy atom. The van der Waals surface area contributed by atoms with Crippen molar-refractivity contribution in [1.82, 2.24) is 14.9 Å². The van der Waals surface area contributed by atoms with Crippen molar-refractivity contribution in [2.45, 2.75) is 44.4 Å². The second-order valence-corrected chi connectivity index (χ2v) is 9.39. The second kappa shape index (κ2) is 8.20. The van der Waals surface area contributed by atoms with E-state index in [1.165, 1.54) is 16.6 Å². The lowest BCUT2D eigenvalue weighted by molar-refractivity contribution is -0.129. The highest BCUT2D eigenvalue weighted by Gasteiger charge is 2.32. The van der Waals surface area contributed by atoms with Gasteiger partial charge < -0.3 is 15.4 Å². The number of thiophene rings is 1. The zero-order valence-electron chi connectivity index (χ0n) is 16.8. The molecule has 29 heavy (non-hydrogen) atoms. The number of rotatable bonds is 7. The van der Waals surface area contributed by atoms with Gasteiger partial charge in [0.15, 0.2) is 5.16 Å². The van der Waals surface area contributed by atoms with Crippen LogP contribution < -0.4 is 10.5 Å². The van der Waals surface area contributed by atoms with Gasteiger partial charge in [-0.1, -0.05) is 23.9 Å². The lowest BCUT2D eigenvalue weighted by atomic mass is 10.2. The summed E-state index contributed by atoms with van der Waals surface area (Å²) in [6.07, 6.45) is 2.13. The fourth-order valence-corrected chi connectivity index (χ4v) is 5.10. The normalized spacial score (nSPS) is 13.6. The van der Waals surface area contributed by atoms with Crippen LogP contribution in [0, 0.1) is 13.8 Å². The number of carbonyl (C=O) groups excluding carboxylic acids is 1. The number of nitrogen functional groups attached to an aromatic ring is 1. The Hall–Kier alpha value is -2.32. The van der Waals surface area contributed by atoms with Crippen LogP contribution in [0.5, 0.6) is 5.75 Å². The number of nitrogens with two attached hydrogens (primary N) is 1. The molecule has 0 radical (unpaired) electrons. The minimum Gasteiger partial charge on any atom is -0.497 e. The van der Waals surface area contributed by atoms with Crippen molar-refractivity contribution in [2.75, 3.05) is 18.6 Å². The number of hydrogen-bond acceptors (Lipinski definition) is 7. The molecule has 0 unspecified atom stereocenters. The van der Waals surface area contributed by atoms with Crippen LogP contribution in [0.1, 0.15) is 28.8 Å². The largest absolute Gasteiger partial charge is 0.497 e. The Balaban J connectivity index is 1.45. The maximum atomic E-state index is 12.9. The van der Waals surface area contributed by atoms with Crippen LogP contribution in [0.4, 0.5) is 5.82 Å². The Morgan fingerprint density at radius 1 is 1.28 bits per heavy atom. The Labute approximate surface area is 178 Å². The standard InChI is InChI=1S/C21H24N4O2S2/c1-12-13(2)29-20-18(12)19(22)23-21(24-20)28-11-17(26)25(15-6-7-15)10-14-4-8-16(27-3)9-5-14/h4-5,8-9,15H,6-7,10-11H2,1-3H3,(H2,22,23,24). The molecule has 1 aromatic carbocycles. The van der Waals surface area contributed by atoms with Gasteiger partial charge in [-0.05, 0) is 49.9 Å². The highest BCUT2D eigenvalue weighted by molar-refractivity contribution is 7.99. The molecule has 0 spiro atoms. The van der Waals surface area contributed by atoms with Gasteiger partial charge in [0.1, 0.15) is 16.4 Å². The minimum atomic E-state index is 0.106. The van der Waals surface area contributed by atoms with Crippen molar-refractivity contribution in [2.24, 2.45) is 0 Å². The molecule has 0 atom stereocenters. The van der Waals surface area contributed by atoms with Crippen LogP contribution in [0.15, 0.2) is 29.4 Å². The fraction of sp³-hybridized carbons (Fsp3) is 0.381. The Bertz CT molecular complexity index is 1050. The molecule has 1 aliphatic rings. The molecule has 2 aromatic heterocycles. The average Bonchev–Trinajstić information content (AvgIpc) is 3.50. The summed E-state index contributed by atoms with van der Waals surface area (Å²) in [5.41, 5.74) is 8.39. The van der Waals surface area contributed by atoms with E-state index in [1.807, 2.05) is 36.1 Å². The third-order valence-electron chi connectivity index (χ3n) is 5.18. The number of hydrogen-bond donors (Lipinski definition) is 1. The number of aryl methyl sites for hydroxylation is 2. The van der Waals surface area contributed by atoms with Crippen molar-refractivity contribution in [1.29, 1.82) is 0 Å². The summed E-state index contributed by atoms with van der Waals surface area (Å²) in [5.74, 6) is 1.72. The van der Waals surface area contributed by atoms with E-state index >= 15 is 0 Å². The highest BCUT2D eigenvalue weighted by Crippen LogP contribution is 2.34. The zero-order chi connectivity index (χ0) is 20.5. The summed E-state index contributed by atoms with van der Waals surface area (Å²) in [7, 11) is 1.65. The molecule has 152 valence electrons. The second-order valence-electron chi connectivity index (χ2n) is 7.24. The van der Waals surface area contributed by atoms with Gasteiger partial charge in [-0.2, -0.15) is 0 Å². The maximum Gasteiger partial charge on any atom is 0.233 e. The van der Waals surface area contributed by atoms with Crippen LogP contribution in [0.25, 0.3) is 10.2 Å². The average molecular weight is 429 g/mol. The van der Waals surface area contributed by atoms with Crippen LogP contribution in [0.2, 0.25) is 0 Å². The van der Waals surface area contributed by atoms with Gasteiger partial charge >= 0.3 is 0 Å². The monoisotopic (exact) mass is 428 g/mol. The number of carbonyl (C=O) groups is 1. The van der Waals surface area contributed by atoms with Crippen LogP contribution >= 0.6 is 23.1 Å². The number of fused-ring (bicyclic) bond motifs is 1. The smallest absolute Gasteiger partial charge is 0.233 e. The number of amides is 1. The van der Waals surface area contributed by atoms with E-state index in [0.717, 1.165) is 39.9 Å². The summed E-state index contributed by atoms with van der Waals surface area (Å²) >= 11 is 2.97. The number of nitrogens with zero attached hydrogens (tertiary/aromatic N) is 3. The van der Waals surface area contributed by atoms with Crippen molar-refractivity contribution in [3.63, 3.8) is 0 Å². The van der Waals surface area contributed by atoms with Gasteiger partial charge in [0.2, 0.25) is 5.91 Å². The van der Waals surface area contributed by atoms with Gasteiger partial charge in [0.05, 0.1) is 18.2 Å². The molecule has 2 heterocycles. The first-order valence-electron chi connectivity index (χ1n) is 9.54. The van der Waals surface area contributed by atoms with E-state index in [1.54, 1.807) is 18.4 Å². The summed E-state index contributed by atoms with van der Waals surface area (Å²) in [4.78, 5) is 26.0. The van der Waals surface area contributed by atoms with Crippen LogP contribution in [0.3, 0.4) is 0 Å². The Morgan fingerprint density at radius 2 is 2.00 bits per heavy atom.